The van der Waals surface area contributed by atoms with Crippen molar-refractivity contribution >= 4 is 0 Å². The van der Waals surface area contributed by atoms with Crippen LogP contribution in [-0.4, -0.2) is 17.7 Å². The van der Waals surface area contributed by atoms with Crippen molar-refractivity contribution in [3.8, 4) is 0 Å². The molecule has 1 aromatic rings. The molecule has 2 rings (SSSR count). The van der Waals surface area contributed by atoms with Crippen molar-refractivity contribution in [1.82, 2.24) is 5.32 Å². The molecule has 1 heterocycles. The lowest BCUT2D eigenvalue weighted by Crippen LogP contribution is -2.38. The van der Waals surface area contributed by atoms with Crippen molar-refractivity contribution < 1.29 is 13.9 Å². The summed E-state index contributed by atoms with van der Waals surface area (Å²) in [7, 11) is 0. The Morgan fingerprint density at radius 1 is 1.47 bits per heavy atom. The average Bonchev–Trinajstić information content (AvgIpc) is 2.47. The second-order valence-electron chi connectivity index (χ2n) is 3.97. The molecule has 1 aromatic carbocycles. The minimum absolute atomic E-state index is 0.168. The molecule has 0 aromatic heterocycles. The Hall–Kier alpha value is -1.00. The molecule has 0 bridgehead atoms. The highest BCUT2D eigenvalue weighted by molar-refractivity contribution is 5.28. The van der Waals surface area contributed by atoms with Gasteiger partial charge in [0.25, 0.3) is 0 Å². The molecule has 2 N–H and O–H groups in total. The van der Waals surface area contributed by atoms with Gasteiger partial charge in [-0.1, -0.05) is 6.07 Å². The van der Waals surface area contributed by atoms with E-state index in [-0.39, 0.29) is 11.6 Å². The van der Waals surface area contributed by atoms with Gasteiger partial charge in [-0.3, -0.25) is 0 Å². The van der Waals surface area contributed by atoms with E-state index in [1.54, 1.807) is 6.92 Å². The molecule has 2 unspecified atom stereocenters. The van der Waals surface area contributed by atoms with E-state index < -0.39 is 17.2 Å². The molecule has 0 spiro atoms. The van der Waals surface area contributed by atoms with E-state index in [1.807, 2.05) is 0 Å². The van der Waals surface area contributed by atoms with E-state index in [0.717, 1.165) is 6.07 Å². The zero-order chi connectivity index (χ0) is 11.1. The Morgan fingerprint density at radius 3 is 2.73 bits per heavy atom. The fourth-order valence-corrected chi connectivity index (χ4v) is 2.07. The van der Waals surface area contributed by atoms with Gasteiger partial charge in [-0.05, 0) is 26.0 Å². The molecule has 0 amide bonds. The van der Waals surface area contributed by atoms with Gasteiger partial charge in [-0.2, -0.15) is 0 Å². The number of hydrogen-bond donors (Lipinski definition) is 2. The van der Waals surface area contributed by atoms with Gasteiger partial charge in [0.05, 0.1) is 0 Å². The van der Waals surface area contributed by atoms with Crippen molar-refractivity contribution in [2.45, 2.75) is 25.0 Å². The zero-order valence-electron chi connectivity index (χ0n) is 8.43. The molecule has 82 valence electrons. The third-order valence-corrected chi connectivity index (χ3v) is 3.07. The molecule has 15 heavy (non-hydrogen) atoms. The molecule has 2 nitrogen and oxygen atoms in total. The summed E-state index contributed by atoms with van der Waals surface area (Å²) in [5.74, 6) is -1.31. The van der Waals surface area contributed by atoms with E-state index in [4.69, 9.17) is 0 Å². The topological polar surface area (TPSA) is 32.3 Å². The van der Waals surface area contributed by atoms with Crippen LogP contribution in [0.1, 0.15) is 18.9 Å². The minimum Gasteiger partial charge on any atom is -0.383 e. The number of benzene rings is 1. The Kier molecular flexibility index (Phi) is 2.48. The summed E-state index contributed by atoms with van der Waals surface area (Å²) in [6.07, 6.45) is 0.441. The van der Waals surface area contributed by atoms with E-state index in [1.165, 1.54) is 12.1 Å². The third kappa shape index (κ3) is 1.64. The lowest BCUT2D eigenvalue weighted by atomic mass is 9.87. The first-order valence-corrected chi connectivity index (χ1v) is 4.95. The predicted octanol–water partition coefficient (Wildman–Crippen LogP) is 1.53. The molecule has 4 heteroatoms. The maximum atomic E-state index is 13.5. The molecular weight excluding hydrogens is 200 g/mol. The quantitative estimate of drug-likeness (QED) is 0.741. The first kappa shape index (κ1) is 10.5. The van der Waals surface area contributed by atoms with Gasteiger partial charge in [-0.15, -0.1) is 0 Å². The first-order valence-electron chi connectivity index (χ1n) is 4.95. The number of hydrogen-bond acceptors (Lipinski definition) is 2. The zero-order valence-corrected chi connectivity index (χ0v) is 8.43. The fourth-order valence-electron chi connectivity index (χ4n) is 2.07. The number of aliphatic hydroxyl groups is 1. The molecule has 0 aliphatic carbocycles. The van der Waals surface area contributed by atoms with Gasteiger partial charge >= 0.3 is 0 Å². The smallest absolute Gasteiger partial charge is 0.132 e. The maximum absolute atomic E-state index is 13.5. The van der Waals surface area contributed by atoms with Crippen LogP contribution in [-0.2, 0) is 5.60 Å². The van der Waals surface area contributed by atoms with Crippen LogP contribution < -0.4 is 5.32 Å². The molecule has 1 aliphatic heterocycles. The van der Waals surface area contributed by atoms with Crippen molar-refractivity contribution in [3.05, 3.63) is 35.4 Å². The Bertz CT molecular complexity index is 383. The minimum atomic E-state index is -1.22. The normalized spacial score (nSPS) is 30.8. The highest BCUT2D eigenvalue weighted by Crippen LogP contribution is 2.34. The highest BCUT2D eigenvalue weighted by atomic mass is 19.1. The van der Waals surface area contributed by atoms with Crippen LogP contribution in [0.4, 0.5) is 8.78 Å². The summed E-state index contributed by atoms with van der Waals surface area (Å²) in [6.45, 7) is 2.42. The molecular formula is C11H13F2NO. The average molecular weight is 213 g/mol. The Morgan fingerprint density at radius 2 is 2.20 bits per heavy atom. The number of nitrogens with one attached hydrogen (secondary N) is 1. The third-order valence-electron chi connectivity index (χ3n) is 3.07. The van der Waals surface area contributed by atoms with Crippen LogP contribution in [0.25, 0.3) is 0 Å². The first-order chi connectivity index (χ1) is 7.04. The van der Waals surface area contributed by atoms with E-state index >= 15 is 0 Å². The van der Waals surface area contributed by atoms with Crippen LogP contribution in [0, 0.1) is 11.6 Å². The van der Waals surface area contributed by atoms with Crippen LogP contribution in [0.15, 0.2) is 18.2 Å². The molecule has 0 saturated carbocycles. The summed E-state index contributed by atoms with van der Waals surface area (Å²) in [4.78, 5) is 0. The van der Waals surface area contributed by atoms with Crippen molar-refractivity contribution in [2.24, 2.45) is 0 Å². The maximum Gasteiger partial charge on any atom is 0.132 e. The fraction of sp³-hybridized carbons (Fsp3) is 0.455. The largest absolute Gasteiger partial charge is 0.383 e. The summed E-state index contributed by atoms with van der Waals surface area (Å²) < 4.78 is 26.2. The SMILES string of the molecule is CC1NCCC1(O)c1ccc(F)cc1F. The van der Waals surface area contributed by atoms with Crippen LogP contribution in [0.5, 0.6) is 0 Å². The van der Waals surface area contributed by atoms with Gasteiger partial charge in [0.2, 0.25) is 0 Å². The van der Waals surface area contributed by atoms with E-state index in [2.05, 4.69) is 5.32 Å². The van der Waals surface area contributed by atoms with Gasteiger partial charge in [0.15, 0.2) is 0 Å². The standard InChI is InChI=1S/C11H13F2NO/c1-7-11(15,4-5-14-7)9-3-2-8(12)6-10(9)13/h2-3,6-7,14-15H,4-5H2,1H3. The lowest BCUT2D eigenvalue weighted by Gasteiger charge is -2.27. The van der Waals surface area contributed by atoms with Crippen LogP contribution in [0.3, 0.4) is 0 Å². The van der Waals surface area contributed by atoms with Crippen molar-refractivity contribution in [2.75, 3.05) is 6.54 Å². The highest BCUT2D eigenvalue weighted by Gasteiger charge is 2.41. The predicted molar refractivity (Wildman–Crippen MR) is 52.3 cm³/mol. The molecule has 1 aliphatic rings. The van der Waals surface area contributed by atoms with E-state index in [9.17, 15) is 13.9 Å². The lowest BCUT2D eigenvalue weighted by molar-refractivity contribution is 0.0257. The van der Waals surface area contributed by atoms with Crippen LogP contribution >= 0.6 is 0 Å². The molecule has 1 saturated heterocycles. The molecule has 1 fully saturated rings. The summed E-state index contributed by atoms with van der Waals surface area (Å²) in [5, 5.41) is 13.3. The number of halogens is 2. The van der Waals surface area contributed by atoms with Gasteiger partial charge in [0, 0.05) is 17.7 Å². The van der Waals surface area contributed by atoms with Gasteiger partial charge < -0.3 is 10.4 Å². The summed E-state index contributed by atoms with van der Waals surface area (Å²) in [5.41, 5.74) is -1.06. The van der Waals surface area contributed by atoms with Crippen LogP contribution in [0.2, 0.25) is 0 Å². The van der Waals surface area contributed by atoms with Crippen molar-refractivity contribution in [3.63, 3.8) is 0 Å². The Labute approximate surface area is 86.9 Å². The summed E-state index contributed by atoms with van der Waals surface area (Å²) >= 11 is 0. The monoisotopic (exact) mass is 213 g/mol. The van der Waals surface area contributed by atoms with Gasteiger partial charge in [0.1, 0.15) is 17.2 Å². The number of rotatable bonds is 1. The second-order valence-corrected chi connectivity index (χ2v) is 3.97. The second kappa shape index (κ2) is 3.54. The molecule has 0 radical (unpaired) electrons. The summed E-state index contributed by atoms with van der Waals surface area (Å²) in [6, 6.07) is 3.06. The van der Waals surface area contributed by atoms with E-state index in [0.29, 0.717) is 13.0 Å². The Balaban J connectivity index is 2.44. The molecule has 2 atom stereocenters. The van der Waals surface area contributed by atoms with Gasteiger partial charge in [-0.25, -0.2) is 8.78 Å². The van der Waals surface area contributed by atoms with Crippen molar-refractivity contribution in [1.29, 1.82) is 0 Å².